The maximum Gasteiger partial charge on any atom is 0.247 e. The zero-order valence-electron chi connectivity index (χ0n) is 12.5. The Kier molecular flexibility index (Phi) is 4.06. The van der Waals surface area contributed by atoms with Crippen molar-refractivity contribution in [2.24, 2.45) is 0 Å². The monoisotopic (exact) mass is 300 g/mol. The number of rotatable bonds is 2. The summed E-state index contributed by atoms with van der Waals surface area (Å²) >= 11 is 1.72. The van der Waals surface area contributed by atoms with Gasteiger partial charge in [-0.15, -0.1) is 11.3 Å². The summed E-state index contributed by atoms with van der Waals surface area (Å²) in [6.45, 7) is 4.77. The molecule has 2 aromatic rings. The number of benzene rings is 1. The van der Waals surface area contributed by atoms with Crippen LogP contribution in [0.2, 0.25) is 0 Å². The van der Waals surface area contributed by atoms with Crippen LogP contribution in [0, 0.1) is 0 Å². The quantitative estimate of drug-likeness (QED) is 0.774. The minimum atomic E-state index is 0.124. The molecule has 0 radical (unpaired) electrons. The number of hydrogen-bond donors (Lipinski definition) is 0. The molecule has 3 nitrogen and oxygen atoms in total. The number of carbonyl (C=O) groups excluding carboxylic acids is 1. The third-order valence-corrected chi connectivity index (χ3v) is 4.93. The molecule has 4 heteroatoms. The Balaban J connectivity index is 1.93. The number of piperidine rings is 1. The lowest BCUT2D eigenvalue weighted by Crippen LogP contribution is -2.37. The van der Waals surface area contributed by atoms with E-state index in [1.54, 1.807) is 17.4 Å². The fourth-order valence-electron chi connectivity index (χ4n) is 2.81. The van der Waals surface area contributed by atoms with Gasteiger partial charge >= 0.3 is 0 Å². The number of fused-ring (bicyclic) bond motifs is 1. The van der Waals surface area contributed by atoms with Gasteiger partial charge in [-0.05, 0) is 45.2 Å². The van der Waals surface area contributed by atoms with Gasteiger partial charge in [-0.1, -0.05) is 17.7 Å². The molecule has 1 saturated heterocycles. The average Bonchev–Trinajstić information content (AvgIpc) is 2.90. The van der Waals surface area contributed by atoms with Gasteiger partial charge in [0.05, 0.1) is 16.3 Å². The normalized spacial score (nSPS) is 18.8. The molecule has 3 rings (SSSR count). The van der Waals surface area contributed by atoms with E-state index in [0.717, 1.165) is 35.5 Å². The summed E-state index contributed by atoms with van der Waals surface area (Å²) in [4.78, 5) is 19.2. The molecule has 1 atom stereocenters. The first-order valence-corrected chi connectivity index (χ1v) is 8.28. The van der Waals surface area contributed by atoms with Crippen LogP contribution < -0.4 is 0 Å². The van der Waals surface area contributed by atoms with Crippen molar-refractivity contribution < 1.29 is 4.79 Å². The molecule has 0 spiro atoms. The number of allylic oxidation sites excluding steroid dienone is 1. The molecule has 2 heterocycles. The van der Waals surface area contributed by atoms with Gasteiger partial charge < -0.3 is 4.90 Å². The first-order chi connectivity index (χ1) is 10.1. The molecule has 1 fully saturated rings. The topological polar surface area (TPSA) is 33.2 Å². The summed E-state index contributed by atoms with van der Waals surface area (Å²) in [5.41, 5.74) is 2.09. The molecule has 1 aliphatic heterocycles. The highest BCUT2D eigenvalue weighted by atomic mass is 32.1. The van der Waals surface area contributed by atoms with E-state index in [9.17, 15) is 4.79 Å². The van der Waals surface area contributed by atoms with Gasteiger partial charge in [0.25, 0.3) is 0 Å². The van der Waals surface area contributed by atoms with Crippen molar-refractivity contribution in [3.8, 4) is 0 Å². The number of thiazole rings is 1. The number of hydrogen-bond acceptors (Lipinski definition) is 3. The lowest BCUT2D eigenvalue weighted by molar-refractivity contribution is -0.129. The zero-order valence-corrected chi connectivity index (χ0v) is 13.3. The molecule has 21 heavy (non-hydrogen) atoms. The number of likely N-dealkylation sites (tertiary alicyclic amines) is 1. The van der Waals surface area contributed by atoms with E-state index in [4.69, 9.17) is 4.98 Å². The SMILES string of the molecule is CC(C)=CC(=O)N1CCCCC1c1nc2ccccc2s1. The molecule has 1 aromatic carbocycles. The molecule has 1 unspecified atom stereocenters. The molecule has 0 aliphatic carbocycles. The smallest absolute Gasteiger partial charge is 0.247 e. The number of carbonyl (C=O) groups is 1. The predicted octanol–water partition coefficient (Wildman–Crippen LogP) is 4.32. The molecule has 0 bridgehead atoms. The Labute approximate surface area is 129 Å². The minimum absolute atomic E-state index is 0.124. The van der Waals surface area contributed by atoms with Crippen LogP contribution in [0.15, 0.2) is 35.9 Å². The standard InChI is InChI=1S/C17H20N2OS/c1-12(2)11-16(20)19-10-6-5-8-14(19)17-18-13-7-3-4-9-15(13)21-17/h3-4,7,9,11,14H,5-6,8,10H2,1-2H3. The van der Waals surface area contributed by atoms with Crippen molar-refractivity contribution in [1.29, 1.82) is 0 Å². The van der Waals surface area contributed by atoms with E-state index in [0.29, 0.717) is 0 Å². The summed E-state index contributed by atoms with van der Waals surface area (Å²) in [6.07, 6.45) is 5.01. The van der Waals surface area contributed by atoms with Gasteiger partial charge in [0.15, 0.2) is 0 Å². The van der Waals surface area contributed by atoms with E-state index in [1.807, 2.05) is 36.9 Å². The first kappa shape index (κ1) is 14.3. The lowest BCUT2D eigenvalue weighted by Gasteiger charge is -2.33. The van der Waals surface area contributed by atoms with Gasteiger partial charge in [-0.2, -0.15) is 0 Å². The second kappa shape index (κ2) is 5.98. The summed E-state index contributed by atoms with van der Waals surface area (Å²) in [6, 6.07) is 8.33. The van der Waals surface area contributed by atoms with Crippen molar-refractivity contribution in [2.45, 2.75) is 39.2 Å². The lowest BCUT2D eigenvalue weighted by atomic mass is 10.0. The minimum Gasteiger partial charge on any atom is -0.330 e. The summed E-state index contributed by atoms with van der Waals surface area (Å²) in [5.74, 6) is 0.124. The van der Waals surface area contributed by atoms with Crippen LogP contribution in [0.3, 0.4) is 0 Å². The van der Waals surface area contributed by atoms with Crippen LogP contribution in [-0.4, -0.2) is 22.3 Å². The van der Waals surface area contributed by atoms with Crippen molar-refractivity contribution in [2.75, 3.05) is 6.54 Å². The summed E-state index contributed by atoms with van der Waals surface area (Å²) in [7, 11) is 0. The van der Waals surface area contributed by atoms with Crippen molar-refractivity contribution >= 4 is 27.5 Å². The molecular formula is C17H20N2OS. The Morgan fingerprint density at radius 3 is 2.90 bits per heavy atom. The Hall–Kier alpha value is -1.68. The van der Waals surface area contributed by atoms with Crippen LogP contribution in [0.4, 0.5) is 0 Å². The highest BCUT2D eigenvalue weighted by Crippen LogP contribution is 2.35. The van der Waals surface area contributed by atoms with Crippen LogP contribution in [-0.2, 0) is 4.79 Å². The number of para-hydroxylation sites is 1. The van der Waals surface area contributed by atoms with E-state index in [1.165, 1.54) is 11.1 Å². The van der Waals surface area contributed by atoms with E-state index in [-0.39, 0.29) is 11.9 Å². The Morgan fingerprint density at radius 1 is 1.33 bits per heavy atom. The summed E-state index contributed by atoms with van der Waals surface area (Å²) in [5, 5.41) is 1.08. The Morgan fingerprint density at radius 2 is 2.14 bits per heavy atom. The average molecular weight is 300 g/mol. The molecular weight excluding hydrogens is 280 g/mol. The van der Waals surface area contributed by atoms with E-state index >= 15 is 0 Å². The number of aromatic nitrogens is 1. The third kappa shape index (κ3) is 3.00. The van der Waals surface area contributed by atoms with Crippen molar-refractivity contribution in [3.05, 3.63) is 40.9 Å². The maximum atomic E-state index is 12.4. The fourth-order valence-corrected chi connectivity index (χ4v) is 3.93. The fraction of sp³-hybridized carbons (Fsp3) is 0.412. The molecule has 0 saturated carbocycles. The second-order valence-electron chi connectivity index (χ2n) is 5.78. The van der Waals surface area contributed by atoms with Crippen LogP contribution in [0.1, 0.15) is 44.2 Å². The molecule has 1 aliphatic rings. The number of amides is 1. The van der Waals surface area contributed by atoms with Crippen LogP contribution in [0.5, 0.6) is 0 Å². The van der Waals surface area contributed by atoms with Gasteiger partial charge in [0, 0.05) is 12.6 Å². The molecule has 0 N–H and O–H groups in total. The molecule has 110 valence electrons. The second-order valence-corrected chi connectivity index (χ2v) is 6.85. The highest BCUT2D eigenvalue weighted by Gasteiger charge is 2.29. The van der Waals surface area contributed by atoms with E-state index < -0.39 is 0 Å². The number of nitrogens with zero attached hydrogens (tertiary/aromatic N) is 2. The van der Waals surface area contributed by atoms with Crippen molar-refractivity contribution in [1.82, 2.24) is 9.88 Å². The van der Waals surface area contributed by atoms with Gasteiger partial charge in [0.1, 0.15) is 5.01 Å². The highest BCUT2D eigenvalue weighted by molar-refractivity contribution is 7.18. The van der Waals surface area contributed by atoms with Gasteiger partial charge in [-0.3, -0.25) is 4.79 Å². The molecule has 1 aromatic heterocycles. The van der Waals surface area contributed by atoms with Crippen LogP contribution >= 0.6 is 11.3 Å². The van der Waals surface area contributed by atoms with Gasteiger partial charge in [-0.25, -0.2) is 4.98 Å². The summed E-state index contributed by atoms with van der Waals surface area (Å²) < 4.78 is 1.20. The van der Waals surface area contributed by atoms with Crippen LogP contribution in [0.25, 0.3) is 10.2 Å². The molecule has 1 amide bonds. The third-order valence-electron chi connectivity index (χ3n) is 3.79. The van der Waals surface area contributed by atoms with E-state index in [2.05, 4.69) is 6.07 Å². The Bertz CT molecular complexity index is 652. The van der Waals surface area contributed by atoms with Crippen molar-refractivity contribution in [3.63, 3.8) is 0 Å². The predicted molar refractivity (Wildman–Crippen MR) is 87.4 cm³/mol. The largest absolute Gasteiger partial charge is 0.330 e. The van der Waals surface area contributed by atoms with Gasteiger partial charge in [0.2, 0.25) is 5.91 Å². The first-order valence-electron chi connectivity index (χ1n) is 7.46. The zero-order chi connectivity index (χ0) is 14.8. The maximum absolute atomic E-state index is 12.4.